The van der Waals surface area contributed by atoms with E-state index in [1.165, 1.54) is 12.1 Å². The highest BCUT2D eigenvalue weighted by atomic mass is 35.7. The Morgan fingerprint density at radius 3 is 1.38 bits per heavy atom. The third-order valence-electron chi connectivity index (χ3n) is 6.64. The fourth-order valence-corrected chi connectivity index (χ4v) is 5.86. The summed E-state index contributed by atoms with van der Waals surface area (Å²) in [6, 6.07) is 40.2. The minimum atomic E-state index is -3.62. The molecule has 2 aromatic heterocycles. The molecule has 0 saturated heterocycles. The highest BCUT2D eigenvalue weighted by Crippen LogP contribution is 2.21. The van der Waals surface area contributed by atoms with Gasteiger partial charge in [-0.2, -0.15) is 0 Å². The molecule has 0 fully saturated rings. The number of benzene rings is 4. The van der Waals surface area contributed by atoms with E-state index < -0.39 is 19.1 Å². The number of hydrogen-bond donors (Lipinski definition) is 2. The van der Waals surface area contributed by atoms with Crippen molar-refractivity contribution in [2.75, 3.05) is 10.5 Å². The molecule has 0 aliphatic carbocycles. The van der Waals surface area contributed by atoms with E-state index in [1.54, 1.807) is 54.9 Å². The zero-order valence-corrected chi connectivity index (χ0v) is 28.0. The van der Waals surface area contributed by atoms with Crippen LogP contribution in [0.1, 0.15) is 11.1 Å². The Balaban J connectivity index is 0.000000176. The molecule has 8 nitrogen and oxygen atoms in total. The topological polar surface area (TPSA) is 132 Å². The van der Waals surface area contributed by atoms with Crippen molar-refractivity contribution in [2.45, 2.75) is 23.6 Å². The molecule has 11 heteroatoms. The Hall–Kier alpha value is -5.03. The number of aromatic nitrogens is 2. The highest BCUT2D eigenvalue weighted by Gasteiger charge is 2.14. The SMILES string of the molecule is Cc1ccc(S(=O)(=O)Cl)cc1.Cc1ccc(S(=O)(=O)Nc2ccc(-c3ccccc3)cn2)cc1.Nc1ccc(-c2ccccc2)cn1. The summed E-state index contributed by atoms with van der Waals surface area (Å²) in [7, 11) is -2.08. The van der Waals surface area contributed by atoms with Gasteiger partial charge in [-0.25, -0.2) is 26.8 Å². The van der Waals surface area contributed by atoms with Gasteiger partial charge >= 0.3 is 0 Å². The lowest BCUT2D eigenvalue weighted by Crippen LogP contribution is -2.13. The maximum Gasteiger partial charge on any atom is 0.263 e. The van der Waals surface area contributed by atoms with E-state index >= 15 is 0 Å². The number of rotatable bonds is 6. The van der Waals surface area contributed by atoms with E-state index in [1.807, 2.05) is 92.7 Å². The lowest BCUT2D eigenvalue weighted by molar-refractivity contribution is 0.600. The molecule has 0 spiro atoms. The number of anilines is 2. The number of nitrogens with one attached hydrogen (secondary N) is 1. The number of pyridine rings is 2. The van der Waals surface area contributed by atoms with Gasteiger partial charge in [0.05, 0.1) is 9.79 Å². The van der Waals surface area contributed by atoms with Crippen molar-refractivity contribution in [3.63, 3.8) is 0 Å². The van der Waals surface area contributed by atoms with Gasteiger partial charge in [0, 0.05) is 34.2 Å². The first-order chi connectivity index (χ1) is 22.4. The van der Waals surface area contributed by atoms with Crippen LogP contribution in [0.3, 0.4) is 0 Å². The Bertz CT molecular complexity index is 2080. The van der Waals surface area contributed by atoms with Crippen LogP contribution >= 0.6 is 10.7 Å². The van der Waals surface area contributed by atoms with E-state index in [0.29, 0.717) is 11.6 Å². The standard InChI is InChI=1S/C18H16N2O2S.C11H10N2.C7H7ClO2S/c1-14-7-10-17(11-8-14)23(21,22)20-18-12-9-16(13-19-18)15-5-3-2-4-6-15;12-11-7-6-10(8-13-11)9-4-2-1-3-5-9;1-6-2-4-7(5-3-6)11(8,9)10/h2-13H,1H3,(H,19,20);1-8H,(H2,12,13);2-5H,1H3. The molecule has 0 unspecified atom stereocenters. The number of halogens is 1. The van der Waals surface area contributed by atoms with Crippen LogP contribution in [0.2, 0.25) is 0 Å². The van der Waals surface area contributed by atoms with Crippen molar-refractivity contribution in [1.82, 2.24) is 9.97 Å². The molecule has 0 aliphatic rings. The van der Waals surface area contributed by atoms with Crippen molar-refractivity contribution < 1.29 is 16.8 Å². The molecule has 240 valence electrons. The molecule has 6 aromatic rings. The highest BCUT2D eigenvalue weighted by molar-refractivity contribution is 8.13. The molecule has 47 heavy (non-hydrogen) atoms. The molecular formula is C36H33ClN4O4S2. The zero-order chi connectivity index (χ0) is 33.9. The van der Waals surface area contributed by atoms with Crippen LogP contribution < -0.4 is 10.5 Å². The van der Waals surface area contributed by atoms with E-state index in [0.717, 1.165) is 33.4 Å². The van der Waals surface area contributed by atoms with E-state index in [9.17, 15) is 16.8 Å². The van der Waals surface area contributed by atoms with Crippen LogP contribution in [0, 0.1) is 13.8 Å². The minimum absolute atomic E-state index is 0.143. The van der Waals surface area contributed by atoms with Crippen LogP contribution in [-0.4, -0.2) is 26.8 Å². The van der Waals surface area contributed by atoms with Gasteiger partial charge in [0.25, 0.3) is 19.1 Å². The van der Waals surface area contributed by atoms with Crippen molar-refractivity contribution in [3.05, 3.63) is 157 Å². The van der Waals surface area contributed by atoms with Gasteiger partial charge in [0.1, 0.15) is 11.6 Å². The molecule has 0 bridgehead atoms. The molecule has 0 aliphatic heterocycles. The molecule has 0 radical (unpaired) electrons. The van der Waals surface area contributed by atoms with Crippen molar-refractivity contribution in [2.24, 2.45) is 0 Å². The summed E-state index contributed by atoms with van der Waals surface area (Å²) < 4.78 is 48.5. The van der Waals surface area contributed by atoms with E-state index in [4.69, 9.17) is 16.4 Å². The average Bonchev–Trinajstić information content (AvgIpc) is 3.07. The maximum atomic E-state index is 12.3. The molecule has 2 heterocycles. The summed E-state index contributed by atoms with van der Waals surface area (Å²) in [6.45, 7) is 3.79. The first kappa shape index (κ1) is 34.8. The van der Waals surface area contributed by atoms with Crippen molar-refractivity contribution >= 4 is 41.4 Å². The number of aryl methyl sites for hydroxylation is 2. The Labute approximate surface area is 280 Å². The summed E-state index contributed by atoms with van der Waals surface area (Å²) in [6.07, 6.45) is 3.44. The first-order valence-electron chi connectivity index (χ1n) is 14.3. The molecular weight excluding hydrogens is 652 g/mol. The minimum Gasteiger partial charge on any atom is -0.384 e. The zero-order valence-electron chi connectivity index (χ0n) is 25.7. The summed E-state index contributed by atoms with van der Waals surface area (Å²) >= 11 is 0. The van der Waals surface area contributed by atoms with Gasteiger partial charge in [0.15, 0.2) is 0 Å². The number of nitrogens with two attached hydrogens (primary N) is 1. The molecule has 0 amide bonds. The number of nitrogen functional groups attached to an aromatic ring is 1. The lowest BCUT2D eigenvalue weighted by Gasteiger charge is -2.08. The van der Waals surface area contributed by atoms with Gasteiger partial charge < -0.3 is 5.73 Å². The molecule has 3 N–H and O–H groups in total. The second-order valence-electron chi connectivity index (χ2n) is 10.3. The summed E-state index contributed by atoms with van der Waals surface area (Å²) in [5, 5.41) is 0. The van der Waals surface area contributed by atoms with Crippen LogP contribution in [0.5, 0.6) is 0 Å². The molecule has 6 rings (SSSR count). The van der Waals surface area contributed by atoms with Gasteiger partial charge in [-0.15, -0.1) is 0 Å². The summed E-state index contributed by atoms with van der Waals surface area (Å²) in [5.74, 6) is 0.852. The largest absolute Gasteiger partial charge is 0.384 e. The quantitative estimate of drug-likeness (QED) is 0.169. The van der Waals surface area contributed by atoms with Gasteiger partial charge in [-0.1, -0.05) is 96.1 Å². The van der Waals surface area contributed by atoms with E-state index in [-0.39, 0.29) is 9.79 Å². The Morgan fingerprint density at radius 2 is 0.979 bits per heavy atom. The van der Waals surface area contributed by atoms with Crippen LogP contribution in [0.4, 0.5) is 11.6 Å². The summed E-state index contributed by atoms with van der Waals surface area (Å²) in [4.78, 5) is 8.59. The third-order valence-corrected chi connectivity index (χ3v) is 9.38. The Kier molecular flexibility index (Phi) is 11.9. The summed E-state index contributed by atoms with van der Waals surface area (Å²) in [5.41, 5.74) is 11.7. The number of nitrogens with zero attached hydrogens (tertiary/aromatic N) is 2. The van der Waals surface area contributed by atoms with Crippen LogP contribution in [0.25, 0.3) is 22.3 Å². The van der Waals surface area contributed by atoms with Crippen molar-refractivity contribution in [1.29, 1.82) is 0 Å². The second-order valence-corrected chi connectivity index (χ2v) is 14.6. The fraction of sp³-hybridized carbons (Fsp3) is 0.0556. The van der Waals surface area contributed by atoms with E-state index in [2.05, 4.69) is 14.7 Å². The van der Waals surface area contributed by atoms with Gasteiger partial charge in [0.2, 0.25) is 0 Å². The van der Waals surface area contributed by atoms with Crippen LogP contribution in [0.15, 0.2) is 156 Å². The monoisotopic (exact) mass is 684 g/mol. The Morgan fingerprint density at radius 1 is 0.532 bits per heavy atom. The van der Waals surface area contributed by atoms with Crippen LogP contribution in [-0.2, 0) is 19.1 Å². The number of sulfonamides is 1. The molecule has 4 aromatic carbocycles. The fourth-order valence-electron chi connectivity index (χ4n) is 4.08. The number of hydrogen-bond acceptors (Lipinski definition) is 7. The average molecular weight is 685 g/mol. The predicted molar refractivity (Wildman–Crippen MR) is 190 cm³/mol. The maximum absolute atomic E-state index is 12.3. The van der Waals surface area contributed by atoms with Crippen molar-refractivity contribution in [3.8, 4) is 22.3 Å². The van der Waals surface area contributed by atoms with Gasteiger partial charge in [-0.3, -0.25) is 4.72 Å². The third kappa shape index (κ3) is 10.8. The normalized spacial score (nSPS) is 10.9. The second kappa shape index (κ2) is 16.0. The smallest absolute Gasteiger partial charge is 0.263 e. The molecule has 0 atom stereocenters. The van der Waals surface area contributed by atoms with Gasteiger partial charge in [-0.05, 0) is 73.5 Å². The molecule has 0 saturated carbocycles. The lowest BCUT2D eigenvalue weighted by atomic mass is 10.1. The predicted octanol–water partition coefficient (Wildman–Crippen LogP) is 8.11. The first-order valence-corrected chi connectivity index (χ1v) is 18.1.